The summed E-state index contributed by atoms with van der Waals surface area (Å²) in [6.07, 6.45) is 6.92. The highest BCUT2D eigenvalue weighted by molar-refractivity contribution is 6.35. The fraction of sp³-hybridized carbons (Fsp3) is 0.314. The van der Waals surface area contributed by atoms with Crippen LogP contribution in [0.3, 0.4) is 0 Å². The number of ether oxygens (including phenoxy) is 3. The number of pyridine rings is 1. The number of nitrogens with zero attached hydrogens (tertiary/aromatic N) is 3. The molecule has 0 bridgehead atoms. The van der Waals surface area contributed by atoms with Gasteiger partial charge in [-0.05, 0) is 73.7 Å². The Morgan fingerprint density at radius 1 is 0.977 bits per heavy atom. The highest BCUT2D eigenvalue weighted by Crippen LogP contribution is 2.45. The number of benzene rings is 3. The maximum absolute atomic E-state index is 9.18. The summed E-state index contributed by atoms with van der Waals surface area (Å²) in [6.45, 7) is 4.57. The van der Waals surface area contributed by atoms with Crippen LogP contribution in [-0.4, -0.2) is 36.1 Å². The molecule has 1 aliphatic carbocycles. The third kappa shape index (κ3) is 6.64. The van der Waals surface area contributed by atoms with Crippen LogP contribution in [0.25, 0.3) is 11.1 Å². The molecule has 4 aromatic rings. The first-order valence-electron chi connectivity index (χ1n) is 15.0. The van der Waals surface area contributed by atoms with E-state index in [0.29, 0.717) is 39.5 Å². The predicted octanol–water partition coefficient (Wildman–Crippen LogP) is 7.51. The maximum atomic E-state index is 9.18. The van der Waals surface area contributed by atoms with Crippen LogP contribution in [0.5, 0.6) is 17.2 Å². The summed E-state index contributed by atoms with van der Waals surface area (Å²) >= 11 is 13.6. The van der Waals surface area contributed by atoms with Gasteiger partial charge in [0.2, 0.25) is 0 Å². The molecule has 0 amide bonds. The average molecular weight is 630 g/mol. The highest BCUT2D eigenvalue weighted by Gasteiger charge is 2.28. The number of nitrogens with two attached hydrogens (primary N) is 1. The van der Waals surface area contributed by atoms with Gasteiger partial charge in [-0.25, -0.2) is 0 Å². The lowest BCUT2D eigenvalue weighted by Crippen LogP contribution is -2.38. The van der Waals surface area contributed by atoms with E-state index in [0.717, 1.165) is 53.6 Å². The molecule has 0 saturated carbocycles. The number of rotatable bonds is 12. The van der Waals surface area contributed by atoms with E-state index < -0.39 is 0 Å². The summed E-state index contributed by atoms with van der Waals surface area (Å²) in [5, 5.41) is 10.3. The molecular formula is C35H34Cl2N4O3. The van der Waals surface area contributed by atoms with Gasteiger partial charge in [0.25, 0.3) is 0 Å². The molecule has 3 aromatic carbocycles. The Kier molecular flexibility index (Phi) is 9.54. The molecule has 2 N–H and O–H groups in total. The normalized spacial score (nSPS) is 15.7. The number of aromatic nitrogens is 1. The number of hydrogen-bond acceptors (Lipinski definition) is 7. The van der Waals surface area contributed by atoms with Gasteiger partial charge in [-0.3, -0.25) is 4.98 Å². The molecule has 2 aliphatic rings. The Labute approximate surface area is 268 Å². The second-order valence-corrected chi connectivity index (χ2v) is 11.9. The van der Waals surface area contributed by atoms with Crippen molar-refractivity contribution in [2.24, 2.45) is 5.73 Å². The first-order chi connectivity index (χ1) is 21.5. The van der Waals surface area contributed by atoms with Gasteiger partial charge in [0.15, 0.2) is 0 Å². The van der Waals surface area contributed by atoms with Gasteiger partial charge >= 0.3 is 0 Å². The summed E-state index contributed by atoms with van der Waals surface area (Å²) in [7, 11) is 0. The van der Waals surface area contributed by atoms with Crippen LogP contribution in [0.15, 0.2) is 67.0 Å². The SMILES string of the molecule is N#Cc1cncc(COc2cc(O[C@H]3CCc4c(-c5cccc(OCCCN6CCC6)c5Cl)cccc43)c(Cl)cc2CN)c1. The summed E-state index contributed by atoms with van der Waals surface area (Å²) in [5.41, 5.74) is 12.4. The van der Waals surface area contributed by atoms with Crippen LogP contribution >= 0.6 is 23.2 Å². The molecule has 1 fully saturated rings. The molecule has 226 valence electrons. The van der Waals surface area contributed by atoms with Gasteiger partial charge in [0, 0.05) is 48.2 Å². The van der Waals surface area contributed by atoms with E-state index in [2.05, 4.69) is 28.1 Å². The Morgan fingerprint density at radius 3 is 2.61 bits per heavy atom. The van der Waals surface area contributed by atoms with Gasteiger partial charge in [-0.2, -0.15) is 5.26 Å². The Morgan fingerprint density at radius 2 is 1.82 bits per heavy atom. The largest absolute Gasteiger partial charge is 0.492 e. The zero-order chi connectivity index (χ0) is 30.5. The fourth-order valence-electron chi connectivity index (χ4n) is 5.80. The standard InChI is InChI=1S/C35H34Cl2N4O3/c36-30-16-25(19-39)33(43-22-24-15-23(18-38)20-40-21-24)17-34(30)44-31-10-9-27-26(5-1-6-28(27)31)29-7-2-8-32(35(29)37)42-14-4-13-41-11-3-12-41/h1-2,5-8,15-17,20-21,31H,3-4,9-14,19,22,39H2/t31-/m0/s1. The van der Waals surface area contributed by atoms with E-state index in [1.54, 1.807) is 24.4 Å². The van der Waals surface area contributed by atoms with Crippen molar-refractivity contribution in [3.63, 3.8) is 0 Å². The molecular weight excluding hydrogens is 595 g/mol. The third-order valence-corrected chi connectivity index (χ3v) is 8.90. The van der Waals surface area contributed by atoms with Crippen molar-refractivity contribution in [2.45, 2.75) is 44.9 Å². The zero-order valence-corrected chi connectivity index (χ0v) is 25.9. The molecule has 0 radical (unpaired) electrons. The zero-order valence-electron chi connectivity index (χ0n) is 24.4. The second-order valence-electron chi connectivity index (χ2n) is 11.1. The van der Waals surface area contributed by atoms with Crippen molar-refractivity contribution in [3.05, 3.63) is 105 Å². The second kappa shape index (κ2) is 13.9. The lowest BCUT2D eigenvalue weighted by molar-refractivity contribution is 0.165. The fourth-order valence-corrected chi connectivity index (χ4v) is 6.31. The third-order valence-electron chi connectivity index (χ3n) is 8.22. The molecule has 44 heavy (non-hydrogen) atoms. The lowest BCUT2D eigenvalue weighted by atomic mass is 9.96. The number of hydrogen-bond donors (Lipinski definition) is 1. The molecule has 1 atom stereocenters. The van der Waals surface area contributed by atoms with Gasteiger partial charge in [-0.1, -0.05) is 53.5 Å². The van der Waals surface area contributed by atoms with Crippen LogP contribution in [0.2, 0.25) is 10.0 Å². The lowest BCUT2D eigenvalue weighted by Gasteiger charge is -2.30. The van der Waals surface area contributed by atoms with Gasteiger partial charge < -0.3 is 24.8 Å². The van der Waals surface area contributed by atoms with E-state index in [4.69, 9.17) is 43.1 Å². The van der Waals surface area contributed by atoms with Crippen LogP contribution < -0.4 is 19.9 Å². The van der Waals surface area contributed by atoms with E-state index in [1.807, 2.05) is 24.3 Å². The Bertz CT molecular complexity index is 1690. The summed E-state index contributed by atoms with van der Waals surface area (Å²) in [5.74, 6) is 1.82. The number of halogens is 2. The van der Waals surface area contributed by atoms with Gasteiger partial charge in [-0.15, -0.1) is 0 Å². The molecule has 0 spiro atoms. The van der Waals surface area contributed by atoms with Crippen molar-refractivity contribution in [3.8, 4) is 34.4 Å². The van der Waals surface area contributed by atoms with Crippen LogP contribution in [0, 0.1) is 11.3 Å². The summed E-state index contributed by atoms with van der Waals surface area (Å²) in [6, 6.07) is 19.7. The predicted molar refractivity (Wildman–Crippen MR) is 172 cm³/mol. The smallest absolute Gasteiger partial charge is 0.142 e. The first-order valence-corrected chi connectivity index (χ1v) is 15.7. The van der Waals surface area contributed by atoms with Crippen LogP contribution in [-0.2, 0) is 19.6 Å². The molecule has 1 aromatic heterocycles. The quantitative estimate of drug-likeness (QED) is 0.162. The molecule has 2 heterocycles. The maximum Gasteiger partial charge on any atom is 0.142 e. The highest BCUT2D eigenvalue weighted by atomic mass is 35.5. The summed E-state index contributed by atoms with van der Waals surface area (Å²) < 4.78 is 18.7. The van der Waals surface area contributed by atoms with Crippen molar-refractivity contribution in [1.29, 1.82) is 5.26 Å². The van der Waals surface area contributed by atoms with E-state index in [-0.39, 0.29) is 19.3 Å². The average Bonchev–Trinajstić information content (AvgIpc) is 3.44. The van der Waals surface area contributed by atoms with E-state index >= 15 is 0 Å². The van der Waals surface area contributed by atoms with E-state index in [1.165, 1.54) is 31.3 Å². The van der Waals surface area contributed by atoms with E-state index in [9.17, 15) is 5.26 Å². The summed E-state index contributed by atoms with van der Waals surface area (Å²) in [4.78, 5) is 6.55. The Balaban J connectivity index is 1.19. The van der Waals surface area contributed by atoms with Crippen molar-refractivity contribution in [2.75, 3.05) is 26.2 Å². The molecule has 1 aliphatic heterocycles. The van der Waals surface area contributed by atoms with Gasteiger partial charge in [0.05, 0.1) is 22.2 Å². The van der Waals surface area contributed by atoms with Gasteiger partial charge in [0.1, 0.15) is 36.0 Å². The Hall–Kier alpha value is -3.80. The van der Waals surface area contributed by atoms with Crippen molar-refractivity contribution >= 4 is 23.2 Å². The van der Waals surface area contributed by atoms with Crippen LogP contribution in [0.4, 0.5) is 0 Å². The van der Waals surface area contributed by atoms with Crippen LogP contribution in [0.1, 0.15) is 53.2 Å². The molecule has 6 rings (SSSR count). The topological polar surface area (TPSA) is 93.6 Å². The monoisotopic (exact) mass is 628 g/mol. The number of nitriles is 1. The number of fused-ring (bicyclic) bond motifs is 1. The minimum Gasteiger partial charge on any atom is -0.492 e. The number of likely N-dealkylation sites (tertiary alicyclic amines) is 1. The minimum atomic E-state index is -0.185. The minimum absolute atomic E-state index is 0.185. The van der Waals surface area contributed by atoms with Crippen molar-refractivity contribution < 1.29 is 14.2 Å². The molecule has 7 nitrogen and oxygen atoms in total. The first kappa shape index (κ1) is 30.2. The molecule has 9 heteroatoms. The molecule has 1 saturated heterocycles. The van der Waals surface area contributed by atoms with Crippen molar-refractivity contribution in [1.82, 2.24) is 9.88 Å². The molecule has 0 unspecified atom stereocenters.